The molecule has 0 bridgehead atoms. The number of sulfonamides is 1. The van der Waals surface area contributed by atoms with E-state index in [9.17, 15) is 8.42 Å². The fourth-order valence-electron chi connectivity index (χ4n) is 4.08. The number of fused-ring (bicyclic) bond motifs is 2. The van der Waals surface area contributed by atoms with Crippen LogP contribution < -0.4 is 19.3 Å². The number of pyridine rings is 1. The molecule has 0 aliphatic carbocycles. The van der Waals surface area contributed by atoms with Crippen molar-refractivity contribution < 1.29 is 13.2 Å². The highest BCUT2D eigenvalue weighted by atomic mass is 35.5. The van der Waals surface area contributed by atoms with Gasteiger partial charge in [-0.05, 0) is 24.3 Å². The molecule has 0 saturated carbocycles. The van der Waals surface area contributed by atoms with Crippen LogP contribution in [-0.4, -0.2) is 52.7 Å². The lowest BCUT2D eigenvalue weighted by Gasteiger charge is -2.36. The molecular formula is C21H21ClN4O3S. The minimum Gasteiger partial charge on any atom is -0.487 e. The molecule has 156 valence electrons. The first-order valence-electron chi connectivity index (χ1n) is 9.83. The van der Waals surface area contributed by atoms with Crippen LogP contribution in [0.3, 0.4) is 0 Å². The van der Waals surface area contributed by atoms with Gasteiger partial charge in [0.1, 0.15) is 6.61 Å². The van der Waals surface area contributed by atoms with Gasteiger partial charge >= 0.3 is 0 Å². The first-order chi connectivity index (χ1) is 14.6. The van der Waals surface area contributed by atoms with Gasteiger partial charge < -0.3 is 15.0 Å². The van der Waals surface area contributed by atoms with Gasteiger partial charge in [0.15, 0.2) is 5.75 Å². The van der Waals surface area contributed by atoms with E-state index in [4.69, 9.17) is 16.3 Å². The highest BCUT2D eigenvalue weighted by Crippen LogP contribution is 2.45. The lowest BCUT2D eigenvalue weighted by atomic mass is 10.2. The van der Waals surface area contributed by atoms with Crippen LogP contribution in [0, 0.1) is 0 Å². The summed E-state index contributed by atoms with van der Waals surface area (Å²) in [5.74, 6) is 0.568. The molecule has 2 aliphatic rings. The summed E-state index contributed by atoms with van der Waals surface area (Å²) in [5.41, 5.74) is 1.31. The number of rotatable bonds is 3. The lowest BCUT2D eigenvalue weighted by Crippen LogP contribution is -2.44. The molecule has 5 rings (SSSR count). The normalized spacial score (nSPS) is 17.0. The van der Waals surface area contributed by atoms with E-state index in [0.717, 1.165) is 37.3 Å². The second-order valence-corrected chi connectivity index (χ2v) is 9.56. The first-order valence-corrected chi connectivity index (χ1v) is 11.6. The van der Waals surface area contributed by atoms with Crippen LogP contribution in [0.1, 0.15) is 0 Å². The molecule has 0 radical (unpaired) electrons. The summed E-state index contributed by atoms with van der Waals surface area (Å²) in [6.07, 6.45) is 3.27. The zero-order valence-corrected chi connectivity index (χ0v) is 17.8. The summed E-state index contributed by atoms with van der Waals surface area (Å²) < 4.78 is 34.9. The number of nitrogens with one attached hydrogen (secondary N) is 1. The molecule has 7 nitrogen and oxygen atoms in total. The second kappa shape index (κ2) is 7.61. The van der Waals surface area contributed by atoms with E-state index in [2.05, 4.69) is 15.2 Å². The summed E-state index contributed by atoms with van der Waals surface area (Å²) in [4.78, 5) is 6.53. The Balaban J connectivity index is 1.65. The largest absolute Gasteiger partial charge is 0.487 e. The Morgan fingerprint density at radius 2 is 1.87 bits per heavy atom. The molecule has 2 aromatic carbocycles. The number of hydrogen-bond acceptors (Lipinski definition) is 6. The van der Waals surface area contributed by atoms with Gasteiger partial charge in [-0.3, -0.25) is 9.29 Å². The molecule has 2 aliphatic heterocycles. The van der Waals surface area contributed by atoms with Crippen LogP contribution in [-0.2, 0) is 10.0 Å². The number of piperazine rings is 1. The molecule has 3 aromatic rings. The molecule has 3 heterocycles. The third-order valence-electron chi connectivity index (χ3n) is 5.49. The maximum absolute atomic E-state index is 13.7. The van der Waals surface area contributed by atoms with Gasteiger partial charge in [0.05, 0.1) is 22.8 Å². The summed E-state index contributed by atoms with van der Waals surface area (Å²) in [6, 6.07) is 10.5. The van der Waals surface area contributed by atoms with Crippen molar-refractivity contribution in [2.24, 2.45) is 0 Å². The highest BCUT2D eigenvalue weighted by Gasteiger charge is 2.34. The fraction of sp³-hybridized carbons (Fsp3) is 0.286. The quantitative estimate of drug-likeness (QED) is 0.669. The number of anilines is 2. The van der Waals surface area contributed by atoms with Crippen molar-refractivity contribution in [1.82, 2.24) is 10.3 Å². The van der Waals surface area contributed by atoms with Crippen molar-refractivity contribution in [2.75, 3.05) is 48.5 Å². The number of halogens is 1. The zero-order chi connectivity index (χ0) is 20.7. The molecule has 1 saturated heterocycles. The van der Waals surface area contributed by atoms with E-state index in [1.54, 1.807) is 36.7 Å². The van der Waals surface area contributed by atoms with Crippen LogP contribution in [0.4, 0.5) is 11.4 Å². The molecule has 0 unspecified atom stereocenters. The lowest BCUT2D eigenvalue weighted by molar-refractivity contribution is 0.315. The van der Waals surface area contributed by atoms with Gasteiger partial charge in [0.25, 0.3) is 10.0 Å². The Bertz CT molecular complexity index is 1210. The van der Waals surface area contributed by atoms with E-state index in [0.29, 0.717) is 21.8 Å². The Hall–Kier alpha value is -2.55. The Morgan fingerprint density at radius 3 is 2.70 bits per heavy atom. The van der Waals surface area contributed by atoms with E-state index >= 15 is 0 Å². The predicted octanol–water partition coefficient (Wildman–Crippen LogP) is 2.89. The third-order valence-corrected chi connectivity index (χ3v) is 7.58. The number of ether oxygens (including phenoxy) is 1. The molecule has 9 heteroatoms. The van der Waals surface area contributed by atoms with Gasteiger partial charge in [-0.2, -0.15) is 0 Å². The molecule has 0 atom stereocenters. The second-order valence-electron chi connectivity index (χ2n) is 7.29. The zero-order valence-electron chi connectivity index (χ0n) is 16.2. The van der Waals surface area contributed by atoms with Crippen LogP contribution in [0.15, 0.2) is 53.7 Å². The summed E-state index contributed by atoms with van der Waals surface area (Å²) in [6.45, 7) is 3.82. The van der Waals surface area contributed by atoms with Crippen molar-refractivity contribution in [1.29, 1.82) is 0 Å². The summed E-state index contributed by atoms with van der Waals surface area (Å²) in [7, 11) is -3.83. The van der Waals surface area contributed by atoms with Gasteiger partial charge in [0, 0.05) is 54.4 Å². The fourth-order valence-corrected chi connectivity index (χ4v) is 5.94. The third kappa shape index (κ3) is 3.25. The Labute approximate surface area is 180 Å². The average Bonchev–Trinajstić information content (AvgIpc) is 2.78. The van der Waals surface area contributed by atoms with Gasteiger partial charge in [-0.15, -0.1) is 0 Å². The van der Waals surface area contributed by atoms with Crippen molar-refractivity contribution in [3.63, 3.8) is 0 Å². The maximum Gasteiger partial charge on any atom is 0.265 e. The van der Waals surface area contributed by atoms with Gasteiger partial charge in [-0.1, -0.05) is 23.7 Å². The van der Waals surface area contributed by atoms with Crippen LogP contribution in [0.5, 0.6) is 5.75 Å². The Morgan fingerprint density at radius 1 is 1.07 bits per heavy atom. The molecule has 30 heavy (non-hydrogen) atoms. The number of benzene rings is 2. The van der Waals surface area contributed by atoms with Gasteiger partial charge in [0.2, 0.25) is 0 Å². The van der Waals surface area contributed by atoms with Crippen LogP contribution in [0.2, 0.25) is 5.02 Å². The van der Waals surface area contributed by atoms with E-state index < -0.39 is 10.0 Å². The minimum atomic E-state index is -3.83. The smallest absolute Gasteiger partial charge is 0.265 e. The maximum atomic E-state index is 13.7. The van der Waals surface area contributed by atoms with Gasteiger partial charge in [-0.25, -0.2) is 8.42 Å². The van der Waals surface area contributed by atoms with E-state index in [1.807, 2.05) is 12.1 Å². The molecule has 1 fully saturated rings. The molecule has 0 spiro atoms. The monoisotopic (exact) mass is 444 g/mol. The molecule has 0 amide bonds. The van der Waals surface area contributed by atoms with Crippen molar-refractivity contribution >= 4 is 43.8 Å². The standard InChI is InChI=1S/C21H21ClN4O3S/c22-16-12-18(25-8-6-23-7-9-25)21-19(13-16)26(10-11-29-21)30(27,28)20-3-1-2-15-14-24-5-4-17(15)20/h1-5,12-14,23H,6-11H2. The summed E-state index contributed by atoms with van der Waals surface area (Å²) >= 11 is 6.43. The molecular weight excluding hydrogens is 424 g/mol. The molecule has 1 N–H and O–H groups in total. The first kappa shape index (κ1) is 19.4. The SMILES string of the molecule is O=S(=O)(c1cccc2cnccc12)N1CCOc2c(N3CCNCC3)cc(Cl)cc21. The number of hydrogen-bond donors (Lipinski definition) is 1. The number of aromatic nitrogens is 1. The topological polar surface area (TPSA) is 74.8 Å². The van der Waals surface area contributed by atoms with Crippen molar-refractivity contribution in [3.8, 4) is 5.75 Å². The van der Waals surface area contributed by atoms with Crippen LogP contribution >= 0.6 is 11.6 Å². The minimum absolute atomic E-state index is 0.220. The predicted molar refractivity (Wildman–Crippen MR) is 118 cm³/mol. The Kier molecular flexibility index (Phi) is 4.92. The average molecular weight is 445 g/mol. The van der Waals surface area contributed by atoms with Crippen LogP contribution in [0.25, 0.3) is 10.8 Å². The van der Waals surface area contributed by atoms with Crippen molar-refractivity contribution in [3.05, 3.63) is 53.8 Å². The number of nitrogens with zero attached hydrogens (tertiary/aromatic N) is 3. The summed E-state index contributed by atoms with van der Waals surface area (Å²) in [5, 5.41) is 5.23. The highest BCUT2D eigenvalue weighted by molar-refractivity contribution is 7.93. The van der Waals surface area contributed by atoms with E-state index in [-0.39, 0.29) is 18.0 Å². The molecule has 1 aromatic heterocycles. The van der Waals surface area contributed by atoms with E-state index in [1.165, 1.54) is 4.31 Å². The van der Waals surface area contributed by atoms with Crippen molar-refractivity contribution in [2.45, 2.75) is 4.90 Å².